The molecular weight excluding hydrogens is 1020 g/mol. The maximum Gasteiger partial charge on any atom is 0.306 e. The second kappa shape index (κ2) is 71.1. The topological polar surface area (TPSA) is 78.9 Å². The van der Waals surface area contributed by atoms with Crippen LogP contribution in [-0.2, 0) is 28.6 Å². The molecule has 0 N–H and O–H groups in total. The van der Waals surface area contributed by atoms with Gasteiger partial charge >= 0.3 is 17.9 Å². The fraction of sp³-hybridized carbons (Fsp3) is 0.779. The zero-order valence-corrected chi connectivity index (χ0v) is 55.2. The zero-order chi connectivity index (χ0) is 59.9. The second-order valence-corrected chi connectivity index (χ2v) is 24.1. The molecule has 1 unspecified atom stereocenters. The minimum absolute atomic E-state index is 0.0734. The fourth-order valence-corrected chi connectivity index (χ4v) is 10.5. The van der Waals surface area contributed by atoms with Gasteiger partial charge in [0.1, 0.15) is 13.2 Å². The SMILES string of the molecule is CC/C=C\C/C=C\C/C=C\C/C=C\CCCCCCCCCCCCCCCCC(=O)OCC(COC(=O)CCCCCCCCCCCCCCC)OC(=O)CCCCCCCCCCCC/C=C\C/C=C\C/C=C\CCCCCCC. The van der Waals surface area contributed by atoms with Gasteiger partial charge in [0, 0.05) is 19.3 Å². The Morgan fingerprint density at radius 3 is 0.735 bits per heavy atom. The number of esters is 3. The lowest BCUT2D eigenvalue weighted by Gasteiger charge is -2.18. The van der Waals surface area contributed by atoms with Crippen molar-refractivity contribution in [2.24, 2.45) is 0 Å². The molecular formula is C77H136O6. The number of rotatable bonds is 66. The van der Waals surface area contributed by atoms with Gasteiger partial charge in [-0.3, -0.25) is 14.4 Å². The number of hydrogen-bond donors (Lipinski definition) is 0. The first-order valence-corrected chi connectivity index (χ1v) is 36.1. The van der Waals surface area contributed by atoms with Gasteiger partial charge < -0.3 is 14.2 Å². The first-order chi connectivity index (χ1) is 41.0. The Labute approximate surface area is 515 Å². The molecule has 0 aromatic heterocycles. The Hall–Kier alpha value is -3.41. The van der Waals surface area contributed by atoms with Crippen molar-refractivity contribution in [3.8, 4) is 0 Å². The van der Waals surface area contributed by atoms with Crippen LogP contribution in [0.4, 0.5) is 0 Å². The summed E-state index contributed by atoms with van der Waals surface area (Å²) in [7, 11) is 0. The van der Waals surface area contributed by atoms with E-state index in [0.717, 1.165) is 96.3 Å². The van der Waals surface area contributed by atoms with Crippen LogP contribution in [0.1, 0.15) is 367 Å². The molecule has 0 fully saturated rings. The van der Waals surface area contributed by atoms with Crippen molar-refractivity contribution in [2.45, 2.75) is 374 Å². The van der Waals surface area contributed by atoms with Gasteiger partial charge in [-0.05, 0) is 96.3 Å². The zero-order valence-electron chi connectivity index (χ0n) is 55.2. The first-order valence-electron chi connectivity index (χ1n) is 36.1. The molecule has 6 heteroatoms. The van der Waals surface area contributed by atoms with E-state index in [0.29, 0.717) is 19.3 Å². The van der Waals surface area contributed by atoms with Gasteiger partial charge in [-0.25, -0.2) is 0 Å². The Balaban J connectivity index is 4.26. The Kier molecular flexibility index (Phi) is 68.2. The van der Waals surface area contributed by atoms with Crippen molar-refractivity contribution in [3.05, 3.63) is 85.1 Å². The number of unbranched alkanes of at least 4 members (excludes halogenated alkanes) is 41. The summed E-state index contributed by atoms with van der Waals surface area (Å²) in [5.41, 5.74) is 0. The van der Waals surface area contributed by atoms with Gasteiger partial charge in [-0.15, -0.1) is 0 Å². The van der Waals surface area contributed by atoms with Crippen LogP contribution in [0.5, 0.6) is 0 Å². The minimum Gasteiger partial charge on any atom is -0.462 e. The van der Waals surface area contributed by atoms with Crippen LogP contribution in [0.3, 0.4) is 0 Å². The van der Waals surface area contributed by atoms with Crippen molar-refractivity contribution in [3.63, 3.8) is 0 Å². The van der Waals surface area contributed by atoms with Crippen LogP contribution < -0.4 is 0 Å². The molecule has 0 aromatic carbocycles. The van der Waals surface area contributed by atoms with Crippen LogP contribution in [0.2, 0.25) is 0 Å². The van der Waals surface area contributed by atoms with Gasteiger partial charge in [-0.2, -0.15) is 0 Å². The maximum atomic E-state index is 13.0. The lowest BCUT2D eigenvalue weighted by molar-refractivity contribution is -0.167. The standard InChI is InChI=1S/C77H136O6/c1-4-7-10-13-16-19-22-25-27-29-31-33-35-37-38-40-41-43-45-47-49-52-55-58-61-64-67-70-76(79)82-73-74(72-81-75(78)69-66-63-60-57-54-51-24-21-18-15-12-9-6-3)83-77(80)71-68-65-62-59-56-53-50-48-46-44-42-39-36-34-32-30-28-26-23-20-17-14-11-8-5-2/h7,10,16,19,23,25-27,30-33,36,39,74H,4-6,8-9,11-15,17-18,20-22,24,28-29,34-35,37-38,40-73H2,1-3H3/b10-7-,19-16-,26-23-,27-25-,32-30-,33-31-,39-36-. The highest BCUT2D eigenvalue weighted by atomic mass is 16.6. The molecule has 0 aromatic rings. The van der Waals surface area contributed by atoms with E-state index < -0.39 is 6.10 Å². The molecule has 0 amide bonds. The summed E-state index contributed by atoms with van der Waals surface area (Å²) in [5, 5.41) is 0. The Morgan fingerprint density at radius 1 is 0.253 bits per heavy atom. The van der Waals surface area contributed by atoms with Crippen molar-refractivity contribution >= 4 is 17.9 Å². The highest BCUT2D eigenvalue weighted by molar-refractivity contribution is 5.71. The quantitative estimate of drug-likeness (QED) is 0.0261. The van der Waals surface area contributed by atoms with Crippen LogP contribution in [0.25, 0.3) is 0 Å². The molecule has 6 nitrogen and oxygen atoms in total. The highest BCUT2D eigenvalue weighted by Gasteiger charge is 2.19. The Bertz CT molecular complexity index is 1570. The molecule has 0 saturated heterocycles. The summed E-state index contributed by atoms with van der Waals surface area (Å²) >= 11 is 0. The summed E-state index contributed by atoms with van der Waals surface area (Å²) in [6.07, 6.45) is 94.7. The summed E-state index contributed by atoms with van der Waals surface area (Å²) in [4.78, 5) is 38.5. The van der Waals surface area contributed by atoms with Gasteiger partial charge in [-0.1, -0.05) is 337 Å². The van der Waals surface area contributed by atoms with E-state index in [1.54, 1.807) is 0 Å². The summed E-state index contributed by atoms with van der Waals surface area (Å²) in [6.45, 7) is 6.56. The van der Waals surface area contributed by atoms with Gasteiger partial charge in [0.05, 0.1) is 0 Å². The van der Waals surface area contributed by atoms with E-state index in [4.69, 9.17) is 14.2 Å². The Morgan fingerprint density at radius 2 is 0.470 bits per heavy atom. The second-order valence-electron chi connectivity index (χ2n) is 24.1. The van der Waals surface area contributed by atoms with E-state index >= 15 is 0 Å². The van der Waals surface area contributed by atoms with E-state index in [2.05, 4.69) is 106 Å². The van der Waals surface area contributed by atoms with E-state index in [1.807, 2.05) is 0 Å². The number of carbonyl (C=O) groups is 3. The fourth-order valence-electron chi connectivity index (χ4n) is 10.5. The van der Waals surface area contributed by atoms with E-state index in [9.17, 15) is 14.4 Å². The van der Waals surface area contributed by atoms with Gasteiger partial charge in [0.2, 0.25) is 0 Å². The third-order valence-electron chi connectivity index (χ3n) is 15.9. The molecule has 0 radical (unpaired) electrons. The summed E-state index contributed by atoms with van der Waals surface area (Å²) < 4.78 is 17.0. The van der Waals surface area contributed by atoms with E-state index in [-0.39, 0.29) is 31.1 Å². The van der Waals surface area contributed by atoms with Crippen LogP contribution in [0.15, 0.2) is 85.1 Å². The molecule has 0 heterocycles. The predicted molar refractivity (Wildman–Crippen MR) is 362 cm³/mol. The van der Waals surface area contributed by atoms with Crippen LogP contribution in [0, 0.1) is 0 Å². The average molecular weight is 1160 g/mol. The third kappa shape index (κ3) is 69.3. The average Bonchev–Trinajstić information content (AvgIpc) is 3.49. The van der Waals surface area contributed by atoms with E-state index in [1.165, 1.54) is 231 Å². The largest absolute Gasteiger partial charge is 0.462 e. The van der Waals surface area contributed by atoms with Crippen molar-refractivity contribution in [1.82, 2.24) is 0 Å². The van der Waals surface area contributed by atoms with Crippen LogP contribution >= 0.6 is 0 Å². The van der Waals surface area contributed by atoms with Gasteiger partial charge in [0.25, 0.3) is 0 Å². The number of allylic oxidation sites excluding steroid dienone is 14. The monoisotopic (exact) mass is 1160 g/mol. The van der Waals surface area contributed by atoms with Crippen molar-refractivity contribution < 1.29 is 28.6 Å². The number of ether oxygens (including phenoxy) is 3. The smallest absolute Gasteiger partial charge is 0.306 e. The number of hydrogen-bond acceptors (Lipinski definition) is 6. The normalized spacial score (nSPS) is 12.6. The molecule has 0 rings (SSSR count). The molecule has 83 heavy (non-hydrogen) atoms. The number of carbonyl (C=O) groups excluding carboxylic acids is 3. The summed E-state index contributed by atoms with van der Waals surface area (Å²) in [6, 6.07) is 0. The molecule has 1 atom stereocenters. The van der Waals surface area contributed by atoms with Crippen LogP contribution in [-0.4, -0.2) is 37.2 Å². The molecule has 0 aliphatic heterocycles. The minimum atomic E-state index is -0.778. The van der Waals surface area contributed by atoms with Crippen molar-refractivity contribution in [2.75, 3.05) is 13.2 Å². The molecule has 0 bridgehead atoms. The molecule has 480 valence electrons. The predicted octanol–water partition coefficient (Wildman–Crippen LogP) is 25.0. The van der Waals surface area contributed by atoms with Crippen molar-refractivity contribution in [1.29, 1.82) is 0 Å². The molecule has 0 saturated carbocycles. The molecule has 0 aliphatic rings. The third-order valence-corrected chi connectivity index (χ3v) is 15.9. The lowest BCUT2D eigenvalue weighted by atomic mass is 10.0. The molecule has 0 spiro atoms. The molecule has 0 aliphatic carbocycles. The van der Waals surface area contributed by atoms with Gasteiger partial charge in [0.15, 0.2) is 6.10 Å². The first kappa shape index (κ1) is 79.6. The lowest BCUT2D eigenvalue weighted by Crippen LogP contribution is -2.30. The maximum absolute atomic E-state index is 13.0. The summed E-state index contributed by atoms with van der Waals surface area (Å²) in [5.74, 6) is -0.857. The highest BCUT2D eigenvalue weighted by Crippen LogP contribution is 2.18.